The van der Waals surface area contributed by atoms with E-state index in [2.05, 4.69) is 26.5 Å². The number of nitrogens with one attached hydrogen (secondary N) is 1. The lowest BCUT2D eigenvalue weighted by atomic mass is 10.6. The van der Waals surface area contributed by atoms with Gasteiger partial charge in [-0.15, -0.1) is 0 Å². The van der Waals surface area contributed by atoms with Crippen LogP contribution in [0.5, 0.6) is 0 Å². The van der Waals surface area contributed by atoms with E-state index < -0.39 is 0 Å². The van der Waals surface area contributed by atoms with Gasteiger partial charge in [0.05, 0.1) is 0 Å². The minimum atomic E-state index is 0.742. The minimum absolute atomic E-state index is 0.742. The fourth-order valence-electron chi connectivity index (χ4n) is 0.338. The molecule has 0 spiro atoms. The van der Waals surface area contributed by atoms with Crippen LogP contribution in [-0.2, 0) is 0 Å². The van der Waals surface area contributed by atoms with Gasteiger partial charge >= 0.3 is 0 Å². The molecule has 2 nitrogen and oxygen atoms in total. The van der Waals surface area contributed by atoms with Crippen molar-refractivity contribution in [1.29, 1.82) is 0 Å². The summed E-state index contributed by atoms with van der Waals surface area (Å²) in [6, 6.07) is 0. The fourth-order valence-corrected chi connectivity index (χ4v) is 1.22. The number of hydrogen-bond donors (Lipinski definition) is 2. The molecular weight excluding hydrogens is 235 g/mol. The first-order valence-electron chi connectivity index (χ1n) is 2.56. The summed E-state index contributed by atoms with van der Waals surface area (Å²) in [6.45, 7) is 2.76. The average Bonchev–Trinajstić information content (AvgIpc) is 1.81. The Morgan fingerprint density at radius 2 is 2.25 bits per heavy atom. The number of hydrogen-bond acceptors (Lipinski definition) is 3. The third kappa shape index (κ3) is 7.00. The van der Waals surface area contributed by atoms with Gasteiger partial charge in [0, 0.05) is 25.4 Å². The van der Waals surface area contributed by atoms with Crippen molar-refractivity contribution >= 4 is 30.1 Å². The lowest BCUT2D eigenvalue weighted by Crippen LogP contribution is -2.24. The molecule has 0 aromatic rings. The summed E-state index contributed by atoms with van der Waals surface area (Å²) in [6.07, 6.45) is 0. The second-order valence-corrected chi connectivity index (χ2v) is 3.85. The molecule has 0 saturated carbocycles. The van der Waals surface area contributed by atoms with Crippen LogP contribution in [0.1, 0.15) is 0 Å². The van der Waals surface area contributed by atoms with Crippen LogP contribution >= 0.6 is 30.1 Å². The number of halogens is 1. The Kier molecular flexibility index (Phi) is 9.00. The third-order valence-electron chi connectivity index (χ3n) is 0.677. The van der Waals surface area contributed by atoms with Crippen LogP contribution in [0.3, 0.4) is 0 Å². The maximum atomic E-state index is 5.24. The Balaban J connectivity index is 2.53. The molecule has 0 fully saturated rings. The fraction of sp³-hybridized carbons (Fsp3) is 1.00. The van der Waals surface area contributed by atoms with Crippen LogP contribution in [0, 0.1) is 0 Å². The van der Waals surface area contributed by atoms with E-state index in [-0.39, 0.29) is 0 Å². The third-order valence-corrected chi connectivity index (χ3v) is 2.36. The molecule has 0 aliphatic rings. The first-order chi connectivity index (χ1) is 3.91. The van der Waals surface area contributed by atoms with E-state index in [1.807, 2.05) is 8.93 Å². The van der Waals surface area contributed by atoms with Gasteiger partial charge in [0.15, 0.2) is 0 Å². The minimum Gasteiger partial charge on any atom is -0.329 e. The van der Waals surface area contributed by atoms with Crippen molar-refractivity contribution in [2.45, 2.75) is 0 Å². The molecule has 3 N–H and O–H groups in total. The molecule has 0 atom stereocenters. The Morgan fingerprint density at radius 3 is 2.75 bits per heavy atom. The summed E-state index contributed by atoms with van der Waals surface area (Å²) in [4.78, 5) is 0. The van der Waals surface area contributed by atoms with Crippen LogP contribution in [0.15, 0.2) is 0 Å². The zero-order valence-electron chi connectivity index (χ0n) is 4.69. The van der Waals surface area contributed by atoms with Gasteiger partial charge in [-0.1, -0.05) is 8.93 Å². The van der Waals surface area contributed by atoms with Crippen LogP contribution in [0.2, 0.25) is 0 Å². The SMILES string of the molecule is NCCNCCSI. The molecule has 0 amide bonds. The second-order valence-electron chi connectivity index (χ2n) is 1.35. The molecule has 4 heteroatoms. The van der Waals surface area contributed by atoms with E-state index >= 15 is 0 Å². The molecular formula is C4H11IN2S. The largest absolute Gasteiger partial charge is 0.329 e. The van der Waals surface area contributed by atoms with Gasteiger partial charge in [-0.2, -0.15) is 0 Å². The molecule has 0 aliphatic heterocycles. The Morgan fingerprint density at radius 1 is 1.50 bits per heavy atom. The molecule has 8 heavy (non-hydrogen) atoms. The molecule has 0 saturated heterocycles. The summed E-state index contributed by atoms with van der Waals surface area (Å²) in [5.74, 6) is 1.17. The van der Waals surface area contributed by atoms with E-state index in [0.29, 0.717) is 0 Å². The topological polar surface area (TPSA) is 38.0 Å². The average molecular weight is 246 g/mol. The van der Waals surface area contributed by atoms with Crippen LogP contribution < -0.4 is 11.1 Å². The first kappa shape index (κ1) is 9.00. The van der Waals surface area contributed by atoms with Crippen molar-refractivity contribution in [3.05, 3.63) is 0 Å². The van der Waals surface area contributed by atoms with Gasteiger partial charge in [0.1, 0.15) is 0 Å². The van der Waals surface area contributed by atoms with Crippen molar-refractivity contribution < 1.29 is 0 Å². The van der Waals surface area contributed by atoms with Gasteiger partial charge in [-0.05, 0) is 21.2 Å². The summed E-state index contributed by atoms with van der Waals surface area (Å²) < 4.78 is 0. The highest BCUT2D eigenvalue weighted by atomic mass is 127. The van der Waals surface area contributed by atoms with Crippen molar-refractivity contribution in [3.63, 3.8) is 0 Å². The summed E-state index contributed by atoms with van der Waals surface area (Å²) >= 11 is 2.28. The predicted molar refractivity (Wildman–Crippen MR) is 48.4 cm³/mol. The quantitative estimate of drug-likeness (QED) is 0.551. The molecule has 0 radical (unpaired) electrons. The maximum absolute atomic E-state index is 5.24. The second kappa shape index (κ2) is 8.00. The molecule has 0 rings (SSSR count). The van der Waals surface area contributed by atoms with Gasteiger partial charge in [0.25, 0.3) is 0 Å². The molecule has 0 aromatic carbocycles. The Bertz CT molecular complexity index is 39.0. The molecule has 0 aromatic heterocycles. The molecule has 0 aliphatic carbocycles. The normalized spacial score (nSPS) is 9.75. The predicted octanol–water partition coefficient (Wildman–Crippen LogP) is 0.618. The van der Waals surface area contributed by atoms with Gasteiger partial charge in [-0.3, -0.25) is 0 Å². The highest BCUT2D eigenvalue weighted by Gasteiger charge is 1.81. The maximum Gasteiger partial charge on any atom is 0.0159 e. The van der Waals surface area contributed by atoms with Gasteiger partial charge in [-0.25, -0.2) is 0 Å². The van der Waals surface area contributed by atoms with Crippen molar-refractivity contribution in [2.24, 2.45) is 5.73 Å². The summed E-state index contributed by atoms with van der Waals surface area (Å²) in [7, 11) is 1.82. The van der Waals surface area contributed by atoms with Gasteiger partial charge in [0.2, 0.25) is 0 Å². The van der Waals surface area contributed by atoms with Crippen LogP contribution in [0.4, 0.5) is 0 Å². The highest BCUT2D eigenvalue weighted by Crippen LogP contribution is 2.07. The lowest BCUT2D eigenvalue weighted by molar-refractivity contribution is 0.730. The summed E-state index contributed by atoms with van der Waals surface area (Å²) in [5, 5.41) is 3.19. The van der Waals surface area contributed by atoms with Crippen LogP contribution in [0.25, 0.3) is 0 Å². The Hall–Kier alpha value is 1.00. The van der Waals surface area contributed by atoms with Crippen molar-refractivity contribution in [2.75, 3.05) is 25.4 Å². The van der Waals surface area contributed by atoms with E-state index in [1.54, 1.807) is 0 Å². The molecule has 50 valence electrons. The zero-order chi connectivity index (χ0) is 6.24. The highest BCUT2D eigenvalue weighted by molar-refractivity contribution is 14.2. The number of rotatable bonds is 5. The molecule has 0 bridgehead atoms. The Labute approximate surface area is 66.6 Å². The standard InChI is InChI=1S/C4H11IN2S/c5-8-4-3-7-2-1-6/h7H,1-4,6H2. The van der Waals surface area contributed by atoms with E-state index in [1.165, 1.54) is 5.75 Å². The number of nitrogens with two attached hydrogens (primary N) is 1. The van der Waals surface area contributed by atoms with Crippen molar-refractivity contribution in [3.8, 4) is 0 Å². The summed E-state index contributed by atoms with van der Waals surface area (Å²) in [5.41, 5.74) is 5.24. The van der Waals surface area contributed by atoms with E-state index in [0.717, 1.165) is 19.6 Å². The molecule has 0 heterocycles. The van der Waals surface area contributed by atoms with E-state index in [4.69, 9.17) is 5.73 Å². The van der Waals surface area contributed by atoms with E-state index in [9.17, 15) is 0 Å². The monoisotopic (exact) mass is 246 g/mol. The zero-order valence-corrected chi connectivity index (χ0v) is 7.67. The van der Waals surface area contributed by atoms with Gasteiger partial charge < -0.3 is 11.1 Å². The molecule has 0 unspecified atom stereocenters. The first-order valence-corrected chi connectivity index (χ1v) is 6.09. The lowest BCUT2D eigenvalue weighted by Gasteiger charge is -1.97. The smallest absolute Gasteiger partial charge is 0.0159 e. The van der Waals surface area contributed by atoms with Crippen LogP contribution in [-0.4, -0.2) is 25.4 Å². The van der Waals surface area contributed by atoms with Crippen molar-refractivity contribution in [1.82, 2.24) is 5.32 Å².